The van der Waals surface area contributed by atoms with Gasteiger partial charge in [-0.3, -0.25) is 9.88 Å². The standard InChI is InChI=1S/C17H16FN5/c18-15-3-1-13(2-4-15)11-22-9-10-23-16(12-22)20-21-17(23)14-5-7-19-8-6-14/h1-8H,9-12H2. The zero-order chi connectivity index (χ0) is 15.6. The van der Waals surface area contributed by atoms with Crippen molar-refractivity contribution in [1.29, 1.82) is 0 Å². The minimum Gasteiger partial charge on any atom is -0.309 e. The Morgan fingerprint density at radius 2 is 1.74 bits per heavy atom. The molecule has 4 rings (SSSR count). The van der Waals surface area contributed by atoms with E-state index in [1.54, 1.807) is 12.4 Å². The summed E-state index contributed by atoms with van der Waals surface area (Å²) in [4.78, 5) is 6.34. The predicted molar refractivity (Wildman–Crippen MR) is 83.8 cm³/mol. The Bertz CT molecular complexity index is 798. The van der Waals surface area contributed by atoms with E-state index >= 15 is 0 Å². The minimum atomic E-state index is -0.200. The predicted octanol–water partition coefficient (Wildman–Crippen LogP) is 2.50. The van der Waals surface area contributed by atoms with Crippen LogP contribution in [0.2, 0.25) is 0 Å². The Balaban J connectivity index is 1.52. The Morgan fingerprint density at radius 3 is 2.52 bits per heavy atom. The summed E-state index contributed by atoms with van der Waals surface area (Å²) in [7, 11) is 0. The van der Waals surface area contributed by atoms with Crippen LogP contribution in [-0.2, 0) is 19.6 Å². The lowest BCUT2D eigenvalue weighted by Gasteiger charge is -2.27. The van der Waals surface area contributed by atoms with Crippen LogP contribution in [0.15, 0.2) is 48.8 Å². The molecule has 0 unspecified atom stereocenters. The molecule has 2 aromatic heterocycles. The van der Waals surface area contributed by atoms with E-state index in [2.05, 4.69) is 24.6 Å². The fourth-order valence-electron chi connectivity index (χ4n) is 2.91. The van der Waals surface area contributed by atoms with Gasteiger partial charge in [0.1, 0.15) is 11.6 Å². The van der Waals surface area contributed by atoms with E-state index in [1.165, 1.54) is 12.1 Å². The summed E-state index contributed by atoms with van der Waals surface area (Å²) < 4.78 is 15.1. The Morgan fingerprint density at radius 1 is 0.957 bits per heavy atom. The van der Waals surface area contributed by atoms with Crippen LogP contribution in [0.4, 0.5) is 4.39 Å². The highest BCUT2D eigenvalue weighted by Gasteiger charge is 2.21. The molecular weight excluding hydrogens is 293 g/mol. The minimum absolute atomic E-state index is 0.200. The molecule has 1 aromatic carbocycles. The van der Waals surface area contributed by atoms with Gasteiger partial charge >= 0.3 is 0 Å². The monoisotopic (exact) mass is 309 g/mol. The SMILES string of the molecule is Fc1ccc(CN2CCn3c(nnc3-c3ccncc3)C2)cc1. The smallest absolute Gasteiger partial charge is 0.164 e. The number of pyridine rings is 1. The third-order valence-electron chi connectivity index (χ3n) is 4.09. The van der Waals surface area contributed by atoms with Gasteiger partial charge in [0.25, 0.3) is 0 Å². The van der Waals surface area contributed by atoms with Crippen LogP contribution < -0.4 is 0 Å². The molecule has 5 nitrogen and oxygen atoms in total. The Hall–Kier alpha value is -2.60. The molecule has 0 atom stereocenters. The highest BCUT2D eigenvalue weighted by Crippen LogP contribution is 2.22. The van der Waals surface area contributed by atoms with Gasteiger partial charge in [0.2, 0.25) is 0 Å². The highest BCUT2D eigenvalue weighted by molar-refractivity contribution is 5.54. The number of hydrogen-bond donors (Lipinski definition) is 0. The maximum atomic E-state index is 13.0. The van der Waals surface area contributed by atoms with E-state index in [9.17, 15) is 4.39 Å². The third-order valence-corrected chi connectivity index (χ3v) is 4.09. The van der Waals surface area contributed by atoms with Gasteiger partial charge in [-0.2, -0.15) is 0 Å². The molecule has 0 saturated carbocycles. The number of aromatic nitrogens is 4. The molecule has 0 radical (unpaired) electrons. The van der Waals surface area contributed by atoms with Gasteiger partial charge in [-0.05, 0) is 29.8 Å². The first-order chi connectivity index (χ1) is 11.3. The van der Waals surface area contributed by atoms with Crippen LogP contribution in [0.5, 0.6) is 0 Å². The van der Waals surface area contributed by atoms with E-state index in [0.29, 0.717) is 0 Å². The molecule has 0 bridgehead atoms. The van der Waals surface area contributed by atoms with Gasteiger partial charge in [-0.25, -0.2) is 4.39 Å². The average Bonchev–Trinajstić information content (AvgIpc) is 3.01. The lowest BCUT2D eigenvalue weighted by atomic mass is 10.2. The zero-order valence-electron chi connectivity index (χ0n) is 12.6. The summed E-state index contributed by atoms with van der Waals surface area (Å²) in [6.45, 7) is 3.30. The molecular formula is C17H16FN5. The van der Waals surface area contributed by atoms with E-state index in [4.69, 9.17) is 0 Å². The summed E-state index contributed by atoms with van der Waals surface area (Å²) >= 11 is 0. The lowest BCUT2D eigenvalue weighted by Crippen LogP contribution is -2.33. The van der Waals surface area contributed by atoms with Crippen molar-refractivity contribution in [2.75, 3.05) is 6.54 Å². The van der Waals surface area contributed by atoms with Gasteiger partial charge in [-0.1, -0.05) is 12.1 Å². The molecule has 116 valence electrons. The second-order valence-corrected chi connectivity index (χ2v) is 5.66. The van der Waals surface area contributed by atoms with Gasteiger partial charge in [0.05, 0.1) is 6.54 Å². The third kappa shape index (κ3) is 2.85. The molecule has 1 aliphatic rings. The number of nitrogens with zero attached hydrogens (tertiary/aromatic N) is 5. The molecule has 3 heterocycles. The van der Waals surface area contributed by atoms with Crippen LogP contribution in [0.3, 0.4) is 0 Å². The van der Waals surface area contributed by atoms with Gasteiger partial charge in [0, 0.05) is 37.6 Å². The number of hydrogen-bond acceptors (Lipinski definition) is 4. The van der Waals surface area contributed by atoms with Crippen LogP contribution in [0, 0.1) is 5.82 Å². The van der Waals surface area contributed by atoms with Crippen molar-refractivity contribution >= 4 is 0 Å². The van der Waals surface area contributed by atoms with Crippen molar-refractivity contribution < 1.29 is 4.39 Å². The van der Waals surface area contributed by atoms with Crippen LogP contribution in [0.1, 0.15) is 11.4 Å². The quantitative estimate of drug-likeness (QED) is 0.746. The van der Waals surface area contributed by atoms with Crippen molar-refractivity contribution in [3.63, 3.8) is 0 Å². The van der Waals surface area contributed by atoms with Crippen LogP contribution in [0.25, 0.3) is 11.4 Å². The van der Waals surface area contributed by atoms with Crippen molar-refractivity contribution in [3.8, 4) is 11.4 Å². The summed E-state index contributed by atoms with van der Waals surface area (Å²) in [5.41, 5.74) is 2.14. The number of benzene rings is 1. The molecule has 1 aliphatic heterocycles. The molecule has 6 heteroatoms. The number of rotatable bonds is 3. The normalized spacial score (nSPS) is 14.7. The van der Waals surface area contributed by atoms with E-state index in [0.717, 1.165) is 49.0 Å². The molecule has 0 spiro atoms. The second-order valence-electron chi connectivity index (χ2n) is 5.66. The van der Waals surface area contributed by atoms with Crippen molar-refractivity contribution in [2.45, 2.75) is 19.6 Å². The fourth-order valence-corrected chi connectivity index (χ4v) is 2.91. The topological polar surface area (TPSA) is 46.8 Å². The van der Waals surface area contributed by atoms with Crippen LogP contribution >= 0.6 is 0 Å². The molecule has 0 amide bonds. The van der Waals surface area contributed by atoms with Gasteiger partial charge in [-0.15, -0.1) is 10.2 Å². The van der Waals surface area contributed by atoms with E-state index in [1.807, 2.05) is 24.3 Å². The summed E-state index contributed by atoms with van der Waals surface area (Å²) in [6.07, 6.45) is 3.53. The second kappa shape index (κ2) is 5.89. The van der Waals surface area contributed by atoms with Gasteiger partial charge < -0.3 is 4.57 Å². The Kier molecular flexibility index (Phi) is 3.59. The Labute approximate surface area is 133 Å². The fraction of sp³-hybridized carbons (Fsp3) is 0.235. The molecule has 0 aliphatic carbocycles. The molecule has 3 aromatic rings. The molecule has 23 heavy (non-hydrogen) atoms. The largest absolute Gasteiger partial charge is 0.309 e. The summed E-state index contributed by atoms with van der Waals surface area (Å²) in [5.74, 6) is 1.66. The van der Waals surface area contributed by atoms with Crippen molar-refractivity contribution in [1.82, 2.24) is 24.6 Å². The average molecular weight is 309 g/mol. The number of halogens is 1. The van der Waals surface area contributed by atoms with Crippen molar-refractivity contribution in [3.05, 3.63) is 66.0 Å². The molecule has 0 N–H and O–H groups in total. The van der Waals surface area contributed by atoms with E-state index < -0.39 is 0 Å². The summed E-state index contributed by atoms with van der Waals surface area (Å²) in [6, 6.07) is 10.6. The zero-order valence-corrected chi connectivity index (χ0v) is 12.6. The highest BCUT2D eigenvalue weighted by atomic mass is 19.1. The van der Waals surface area contributed by atoms with Gasteiger partial charge in [0.15, 0.2) is 5.82 Å². The maximum absolute atomic E-state index is 13.0. The number of fused-ring (bicyclic) bond motifs is 1. The van der Waals surface area contributed by atoms with Crippen LogP contribution in [-0.4, -0.2) is 31.2 Å². The summed E-state index contributed by atoms with van der Waals surface area (Å²) in [5, 5.41) is 8.66. The first-order valence-corrected chi connectivity index (χ1v) is 7.59. The first kappa shape index (κ1) is 14.0. The maximum Gasteiger partial charge on any atom is 0.164 e. The lowest BCUT2D eigenvalue weighted by molar-refractivity contribution is 0.209. The molecule has 0 fully saturated rings. The van der Waals surface area contributed by atoms with E-state index in [-0.39, 0.29) is 5.82 Å². The van der Waals surface area contributed by atoms with Crippen molar-refractivity contribution in [2.24, 2.45) is 0 Å². The first-order valence-electron chi connectivity index (χ1n) is 7.59. The molecule has 0 saturated heterocycles.